The van der Waals surface area contributed by atoms with Crippen molar-refractivity contribution < 1.29 is 31.9 Å². The molecule has 11 heteroatoms. The van der Waals surface area contributed by atoms with Gasteiger partial charge in [0.25, 0.3) is 0 Å². The second kappa shape index (κ2) is 7.62. The van der Waals surface area contributed by atoms with Crippen molar-refractivity contribution in [2.24, 2.45) is 10.8 Å². The van der Waals surface area contributed by atoms with E-state index in [0.717, 1.165) is 23.2 Å². The average molecular weight is 350 g/mol. The SMILES string of the molecule is CN(C)C(=O)N(/N=C/c1ccc(OC(F)(F)C(F)F)cc1)C(N)=O. The number of imide groups is 1. The van der Waals surface area contributed by atoms with Crippen LogP contribution in [-0.2, 0) is 0 Å². The lowest BCUT2D eigenvalue weighted by atomic mass is 10.2. The number of halogens is 4. The van der Waals surface area contributed by atoms with Gasteiger partial charge in [-0.3, -0.25) is 0 Å². The molecule has 24 heavy (non-hydrogen) atoms. The van der Waals surface area contributed by atoms with Gasteiger partial charge in [0.05, 0.1) is 6.21 Å². The number of ether oxygens (including phenoxy) is 1. The molecule has 0 heterocycles. The molecule has 4 amide bonds. The summed E-state index contributed by atoms with van der Waals surface area (Å²) in [7, 11) is 2.76. The Morgan fingerprint density at radius 2 is 1.79 bits per heavy atom. The summed E-state index contributed by atoms with van der Waals surface area (Å²) in [6.45, 7) is 0. The van der Waals surface area contributed by atoms with E-state index >= 15 is 0 Å². The highest BCUT2D eigenvalue weighted by molar-refractivity contribution is 5.94. The number of nitrogens with two attached hydrogens (primary N) is 1. The van der Waals surface area contributed by atoms with Gasteiger partial charge in [-0.1, -0.05) is 0 Å². The molecule has 0 fully saturated rings. The molecule has 0 aliphatic rings. The van der Waals surface area contributed by atoms with Crippen molar-refractivity contribution in [3.63, 3.8) is 0 Å². The Morgan fingerprint density at radius 1 is 1.25 bits per heavy atom. The monoisotopic (exact) mass is 350 g/mol. The van der Waals surface area contributed by atoms with Crippen LogP contribution in [0, 0.1) is 0 Å². The molecule has 1 aromatic carbocycles. The van der Waals surface area contributed by atoms with Crippen LogP contribution in [0.5, 0.6) is 5.75 Å². The number of alkyl halides is 4. The zero-order chi connectivity index (χ0) is 18.5. The van der Waals surface area contributed by atoms with Crippen LogP contribution in [-0.4, -0.2) is 54.8 Å². The molecule has 0 unspecified atom stereocenters. The van der Waals surface area contributed by atoms with E-state index in [1.807, 2.05) is 0 Å². The van der Waals surface area contributed by atoms with Gasteiger partial charge >= 0.3 is 24.6 Å². The van der Waals surface area contributed by atoms with Gasteiger partial charge < -0.3 is 15.4 Å². The molecule has 0 saturated heterocycles. The molecule has 2 N–H and O–H groups in total. The molecule has 0 radical (unpaired) electrons. The highest BCUT2D eigenvalue weighted by Gasteiger charge is 2.43. The maximum absolute atomic E-state index is 12.7. The third-order valence-electron chi connectivity index (χ3n) is 2.48. The fourth-order valence-corrected chi connectivity index (χ4v) is 1.34. The van der Waals surface area contributed by atoms with Crippen LogP contribution in [0.3, 0.4) is 0 Å². The standard InChI is InChI=1S/C13H14F4N4O3/c1-20(2)12(23)21(11(18)22)19-7-8-3-5-9(6-4-8)24-13(16,17)10(14)15/h3-7,10H,1-2H3,(H2,18,22)/b19-7+. The Balaban J connectivity index is 2.86. The summed E-state index contributed by atoms with van der Waals surface area (Å²) in [5.74, 6) is -0.492. The lowest BCUT2D eigenvalue weighted by Gasteiger charge is -2.17. The van der Waals surface area contributed by atoms with E-state index in [1.165, 1.54) is 26.2 Å². The summed E-state index contributed by atoms with van der Waals surface area (Å²) in [4.78, 5) is 23.9. The first-order chi connectivity index (χ1) is 11.0. The van der Waals surface area contributed by atoms with Gasteiger partial charge in [0.15, 0.2) is 0 Å². The van der Waals surface area contributed by atoms with E-state index in [-0.39, 0.29) is 5.56 Å². The van der Waals surface area contributed by atoms with E-state index < -0.39 is 30.3 Å². The number of hydrazone groups is 1. The number of carbonyl (C=O) groups excluding carboxylic acids is 2. The smallest absolute Gasteiger partial charge is 0.428 e. The van der Waals surface area contributed by atoms with Crippen molar-refractivity contribution in [3.8, 4) is 5.75 Å². The van der Waals surface area contributed by atoms with Gasteiger partial charge in [-0.25, -0.2) is 9.59 Å². The second-order valence-electron chi connectivity index (χ2n) is 4.61. The molecule has 0 aromatic heterocycles. The molecule has 1 aromatic rings. The number of hydrogen-bond acceptors (Lipinski definition) is 4. The number of primary amides is 1. The van der Waals surface area contributed by atoms with E-state index in [4.69, 9.17) is 5.73 Å². The van der Waals surface area contributed by atoms with Gasteiger partial charge in [-0.15, -0.1) is 5.01 Å². The summed E-state index contributed by atoms with van der Waals surface area (Å²) in [6, 6.07) is 2.50. The summed E-state index contributed by atoms with van der Waals surface area (Å²) in [5.41, 5.74) is 5.29. The van der Waals surface area contributed by atoms with Crippen molar-refractivity contribution >= 4 is 18.3 Å². The Kier molecular flexibility index (Phi) is 6.09. The van der Waals surface area contributed by atoms with Gasteiger partial charge in [0.2, 0.25) is 0 Å². The lowest BCUT2D eigenvalue weighted by Crippen LogP contribution is -2.42. The van der Waals surface area contributed by atoms with Crippen LogP contribution in [0.4, 0.5) is 27.2 Å². The molecular weight excluding hydrogens is 336 g/mol. The molecule has 0 bridgehead atoms. The van der Waals surface area contributed by atoms with Gasteiger partial charge in [-0.2, -0.15) is 22.7 Å². The van der Waals surface area contributed by atoms with E-state index in [9.17, 15) is 27.2 Å². The highest BCUT2D eigenvalue weighted by Crippen LogP contribution is 2.27. The largest absolute Gasteiger partial charge is 0.461 e. The Hall–Kier alpha value is -2.85. The Morgan fingerprint density at radius 3 is 2.21 bits per heavy atom. The van der Waals surface area contributed by atoms with Crippen LogP contribution in [0.1, 0.15) is 5.56 Å². The summed E-state index contributed by atoms with van der Waals surface area (Å²) < 4.78 is 53.4. The van der Waals surface area contributed by atoms with Crippen LogP contribution in [0.15, 0.2) is 29.4 Å². The summed E-state index contributed by atoms with van der Waals surface area (Å²) in [5, 5.41) is 3.97. The molecule has 0 aliphatic heterocycles. The topological polar surface area (TPSA) is 88.2 Å². The van der Waals surface area contributed by atoms with E-state index in [2.05, 4.69) is 9.84 Å². The molecular formula is C13H14F4N4O3. The minimum absolute atomic E-state index is 0.278. The van der Waals surface area contributed by atoms with Crippen LogP contribution >= 0.6 is 0 Å². The third kappa shape index (κ3) is 5.11. The van der Waals surface area contributed by atoms with Gasteiger partial charge in [0.1, 0.15) is 5.75 Å². The molecule has 7 nitrogen and oxygen atoms in total. The molecule has 1 rings (SSSR count). The lowest BCUT2D eigenvalue weighted by molar-refractivity contribution is -0.253. The quantitative estimate of drug-likeness (QED) is 0.502. The highest BCUT2D eigenvalue weighted by atomic mass is 19.3. The van der Waals surface area contributed by atoms with Crippen molar-refractivity contribution in [1.82, 2.24) is 9.91 Å². The summed E-state index contributed by atoms with van der Waals surface area (Å²) >= 11 is 0. The zero-order valence-electron chi connectivity index (χ0n) is 12.6. The number of benzene rings is 1. The van der Waals surface area contributed by atoms with Crippen molar-refractivity contribution in [1.29, 1.82) is 0 Å². The van der Waals surface area contributed by atoms with E-state index in [1.54, 1.807) is 0 Å². The third-order valence-corrected chi connectivity index (χ3v) is 2.48. The molecule has 0 spiro atoms. The minimum Gasteiger partial charge on any atom is -0.428 e. The average Bonchev–Trinajstić information content (AvgIpc) is 2.48. The summed E-state index contributed by atoms with van der Waals surface area (Å²) in [6.07, 6.45) is -7.53. The molecule has 0 atom stereocenters. The van der Waals surface area contributed by atoms with Crippen molar-refractivity contribution in [2.45, 2.75) is 12.5 Å². The first kappa shape index (κ1) is 19.2. The predicted molar refractivity (Wildman–Crippen MR) is 76.1 cm³/mol. The Labute approximate surface area is 134 Å². The maximum Gasteiger partial charge on any atom is 0.461 e. The second-order valence-corrected chi connectivity index (χ2v) is 4.61. The molecule has 0 saturated carbocycles. The maximum atomic E-state index is 12.7. The minimum atomic E-state index is -4.61. The van der Waals surface area contributed by atoms with Gasteiger partial charge in [-0.05, 0) is 29.8 Å². The number of urea groups is 2. The number of nitrogens with zero attached hydrogens (tertiary/aromatic N) is 3. The molecule has 0 aliphatic carbocycles. The van der Waals surface area contributed by atoms with Crippen molar-refractivity contribution in [2.75, 3.05) is 14.1 Å². The fourth-order valence-electron chi connectivity index (χ4n) is 1.34. The predicted octanol–water partition coefficient (Wildman–Crippen LogP) is 2.32. The first-order valence-electron chi connectivity index (χ1n) is 6.34. The normalized spacial score (nSPS) is 11.6. The number of hydrogen-bond donors (Lipinski definition) is 1. The number of carbonyl (C=O) groups is 2. The van der Waals surface area contributed by atoms with E-state index in [0.29, 0.717) is 5.01 Å². The van der Waals surface area contributed by atoms with Crippen LogP contribution < -0.4 is 10.5 Å². The van der Waals surface area contributed by atoms with Crippen LogP contribution in [0.25, 0.3) is 0 Å². The fraction of sp³-hybridized carbons (Fsp3) is 0.308. The Bertz CT molecular complexity index is 620. The first-order valence-corrected chi connectivity index (χ1v) is 6.34. The zero-order valence-corrected chi connectivity index (χ0v) is 12.6. The molecule has 132 valence electrons. The number of amides is 4. The number of rotatable bonds is 5. The van der Waals surface area contributed by atoms with Crippen LogP contribution in [0.2, 0.25) is 0 Å². The van der Waals surface area contributed by atoms with Gasteiger partial charge in [0, 0.05) is 14.1 Å². The van der Waals surface area contributed by atoms with Crippen molar-refractivity contribution in [3.05, 3.63) is 29.8 Å².